The second kappa shape index (κ2) is 4.39. The van der Waals surface area contributed by atoms with Crippen LogP contribution in [0.3, 0.4) is 0 Å². The summed E-state index contributed by atoms with van der Waals surface area (Å²) in [5, 5.41) is 9.66. The molecule has 86 valence electrons. The van der Waals surface area contributed by atoms with E-state index in [-0.39, 0.29) is 18.2 Å². The number of carbonyl (C=O) groups is 1. The van der Waals surface area contributed by atoms with Gasteiger partial charge in [-0.25, -0.2) is 4.79 Å². The first-order chi connectivity index (χ1) is 7.22. The molecule has 2 fully saturated rings. The zero-order chi connectivity index (χ0) is 10.8. The Balaban J connectivity index is 2.05. The zero-order valence-corrected chi connectivity index (χ0v) is 9.19. The van der Waals surface area contributed by atoms with Crippen molar-refractivity contribution in [1.29, 1.82) is 0 Å². The molecule has 1 N–H and O–H groups in total. The van der Waals surface area contributed by atoms with Crippen LogP contribution in [0.15, 0.2) is 0 Å². The van der Waals surface area contributed by atoms with Gasteiger partial charge in [0.05, 0.1) is 12.6 Å². The molecular weight excluding hydrogens is 194 g/mol. The van der Waals surface area contributed by atoms with Gasteiger partial charge in [0.1, 0.15) is 6.61 Å². The van der Waals surface area contributed by atoms with E-state index < -0.39 is 0 Å². The number of ether oxygens (including phenoxy) is 1. The van der Waals surface area contributed by atoms with Crippen molar-refractivity contribution in [2.75, 3.05) is 13.2 Å². The van der Waals surface area contributed by atoms with Gasteiger partial charge < -0.3 is 14.7 Å². The van der Waals surface area contributed by atoms with Crippen LogP contribution in [0, 0.1) is 5.92 Å². The predicted molar refractivity (Wildman–Crippen MR) is 55.5 cm³/mol. The summed E-state index contributed by atoms with van der Waals surface area (Å²) in [5.74, 6) is 0.527. The lowest BCUT2D eigenvalue weighted by Gasteiger charge is -2.38. The minimum Gasteiger partial charge on any atom is -0.448 e. The van der Waals surface area contributed by atoms with E-state index in [0.29, 0.717) is 25.5 Å². The van der Waals surface area contributed by atoms with E-state index >= 15 is 0 Å². The topological polar surface area (TPSA) is 49.8 Å². The van der Waals surface area contributed by atoms with E-state index in [2.05, 4.69) is 6.92 Å². The van der Waals surface area contributed by atoms with Crippen LogP contribution in [-0.4, -0.2) is 41.4 Å². The van der Waals surface area contributed by atoms with Crippen molar-refractivity contribution in [1.82, 2.24) is 4.90 Å². The van der Waals surface area contributed by atoms with Crippen LogP contribution in [-0.2, 0) is 4.74 Å². The molecule has 0 radical (unpaired) electrons. The summed E-state index contributed by atoms with van der Waals surface area (Å²) in [5.41, 5.74) is 0. The number of carbonyl (C=O) groups excluding carboxylic acids is 1. The molecule has 1 amide bonds. The van der Waals surface area contributed by atoms with Crippen LogP contribution < -0.4 is 0 Å². The van der Waals surface area contributed by atoms with Crippen LogP contribution in [0.2, 0.25) is 0 Å². The fourth-order valence-electron chi connectivity index (χ4n) is 2.75. The molecule has 2 rings (SSSR count). The number of nitrogens with zero attached hydrogens (tertiary/aromatic N) is 1. The fourth-order valence-corrected chi connectivity index (χ4v) is 2.75. The van der Waals surface area contributed by atoms with Crippen molar-refractivity contribution in [2.24, 2.45) is 5.92 Å². The van der Waals surface area contributed by atoms with Crippen LogP contribution >= 0.6 is 0 Å². The van der Waals surface area contributed by atoms with Gasteiger partial charge in [-0.1, -0.05) is 13.3 Å². The summed E-state index contributed by atoms with van der Waals surface area (Å²) in [6, 6.07) is 0.189. The third-order valence-corrected chi connectivity index (χ3v) is 3.65. The van der Waals surface area contributed by atoms with Crippen molar-refractivity contribution < 1.29 is 14.6 Å². The molecule has 3 unspecified atom stereocenters. The van der Waals surface area contributed by atoms with Crippen molar-refractivity contribution in [3.8, 4) is 0 Å². The van der Waals surface area contributed by atoms with Crippen LogP contribution in [0.4, 0.5) is 4.79 Å². The van der Waals surface area contributed by atoms with Gasteiger partial charge >= 0.3 is 6.09 Å². The Hall–Kier alpha value is -0.770. The maximum absolute atomic E-state index is 11.5. The molecule has 1 heterocycles. The number of hydrogen-bond acceptors (Lipinski definition) is 3. The molecule has 0 aromatic carbocycles. The fraction of sp³-hybridized carbons (Fsp3) is 0.909. The normalized spacial score (nSPS) is 36.8. The molecule has 0 spiro atoms. The Kier molecular flexibility index (Phi) is 3.14. The maximum Gasteiger partial charge on any atom is 0.410 e. The Morgan fingerprint density at radius 2 is 2.33 bits per heavy atom. The molecule has 0 bridgehead atoms. The lowest BCUT2D eigenvalue weighted by molar-refractivity contribution is 0.0441. The summed E-state index contributed by atoms with van der Waals surface area (Å²) in [6.45, 7) is 3.34. The molecule has 1 saturated heterocycles. The number of aliphatic hydroxyl groups excluding tert-OH is 1. The van der Waals surface area contributed by atoms with Crippen LogP contribution in [0.5, 0.6) is 0 Å². The van der Waals surface area contributed by atoms with Gasteiger partial charge in [-0.3, -0.25) is 0 Å². The lowest BCUT2D eigenvalue weighted by atomic mass is 9.80. The standard InChI is InChI=1S/C11H19NO3/c1-2-8-3-4-9(13)7-10(8)12-5-6-15-11(12)14/h8-10,13H,2-7H2,1H3. The van der Waals surface area contributed by atoms with Crippen molar-refractivity contribution >= 4 is 6.09 Å². The van der Waals surface area contributed by atoms with Gasteiger partial charge in [0.2, 0.25) is 0 Å². The molecule has 1 aliphatic heterocycles. The third kappa shape index (κ3) is 2.09. The molecule has 1 saturated carbocycles. The quantitative estimate of drug-likeness (QED) is 0.754. The molecule has 4 heteroatoms. The number of aliphatic hydroxyl groups is 1. The van der Waals surface area contributed by atoms with E-state index in [1.807, 2.05) is 0 Å². The van der Waals surface area contributed by atoms with E-state index in [4.69, 9.17) is 4.74 Å². The molecular formula is C11H19NO3. The smallest absolute Gasteiger partial charge is 0.410 e. The van der Waals surface area contributed by atoms with Crippen molar-refractivity contribution in [3.05, 3.63) is 0 Å². The Morgan fingerprint density at radius 1 is 1.53 bits per heavy atom. The highest BCUT2D eigenvalue weighted by Crippen LogP contribution is 2.32. The van der Waals surface area contributed by atoms with Crippen molar-refractivity contribution in [2.45, 2.75) is 44.8 Å². The number of amides is 1. The van der Waals surface area contributed by atoms with E-state index in [9.17, 15) is 9.90 Å². The van der Waals surface area contributed by atoms with Crippen LogP contribution in [0.25, 0.3) is 0 Å². The molecule has 4 nitrogen and oxygen atoms in total. The van der Waals surface area contributed by atoms with Gasteiger partial charge in [0.15, 0.2) is 0 Å². The summed E-state index contributed by atoms with van der Waals surface area (Å²) < 4.78 is 4.95. The average Bonchev–Trinajstić information content (AvgIpc) is 2.64. The Bertz CT molecular complexity index is 244. The summed E-state index contributed by atoms with van der Waals surface area (Å²) in [7, 11) is 0. The van der Waals surface area contributed by atoms with E-state index in [1.165, 1.54) is 0 Å². The molecule has 1 aliphatic carbocycles. The highest BCUT2D eigenvalue weighted by molar-refractivity contribution is 5.69. The number of rotatable bonds is 2. The minimum atomic E-state index is -0.244. The maximum atomic E-state index is 11.5. The van der Waals surface area contributed by atoms with Gasteiger partial charge in [-0.15, -0.1) is 0 Å². The summed E-state index contributed by atoms with van der Waals surface area (Å²) >= 11 is 0. The molecule has 2 aliphatic rings. The average molecular weight is 213 g/mol. The Morgan fingerprint density at radius 3 is 2.93 bits per heavy atom. The third-order valence-electron chi connectivity index (χ3n) is 3.65. The highest BCUT2D eigenvalue weighted by Gasteiger charge is 2.37. The van der Waals surface area contributed by atoms with Gasteiger partial charge in [-0.2, -0.15) is 0 Å². The predicted octanol–water partition coefficient (Wildman–Crippen LogP) is 1.38. The Labute approximate surface area is 90.2 Å². The molecule has 3 atom stereocenters. The lowest BCUT2D eigenvalue weighted by Crippen LogP contribution is -2.46. The first kappa shape index (κ1) is 10.7. The van der Waals surface area contributed by atoms with Gasteiger partial charge in [-0.05, 0) is 25.2 Å². The summed E-state index contributed by atoms with van der Waals surface area (Å²) in [6.07, 6.45) is 3.23. The minimum absolute atomic E-state index is 0.189. The van der Waals surface area contributed by atoms with Crippen molar-refractivity contribution in [3.63, 3.8) is 0 Å². The molecule has 0 aromatic rings. The number of hydrogen-bond donors (Lipinski definition) is 1. The SMILES string of the molecule is CCC1CCC(O)CC1N1CCOC1=O. The highest BCUT2D eigenvalue weighted by atomic mass is 16.6. The van der Waals surface area contributed by atoms with Gasteiger partial charge in [0, 0.05) is 6.04 Å². The molecule has 0 aromatic heterocycles. The number of cyclic esters (lactones) is 1. The monoisotopic (exact) mass is 213 g/mol. The van der Waals surface area contributed by atoms with Gasteiger partial charge in [0.25, 0.3) is 0 Å². The summed E-state index contributed by atoms with van der Waals surface area (Å²) in [4.78, 5) is 13.3. The first-order valence-electron chi connectivity index (χ1n) is 5.83. The van der Waals surface area contributed by atoms with E-state index in [1.54, 1.807) is 4.90 Å². The second-order valence-electron chi connectivity index (χ2n) is 4.51. The van der Waals surface area contributed by atoms with Crippen LogP contribution in [0.1, 0.15) is 32.6 Å². The largest absolute Gasteiger partial charge is 0.448 e. The first-order valence-corrected chi connectivity index (χ1v) is 5.83. The zero-order valence-electron chi connectivity index (χ0n) is 9.19. The second-order valence-corrected chi connectivity index (χ2v) is 4.51. The molecule has 15 heavy (non-hydrogen) atoms. The van der Waals surface area contributed by atoms with E-state index in [0.717, 1.165) is 19.3 Å².